The number of benzene rings is 3. The van der Waals surface area contributed by atoms with E-state index in [9.17, 15) is 14.9 Å². The Morgan fingerprint density at radius 3 is 2.38 bits per heavy atom. The summed E-state index contributed by atoms with van der Waals surface area (Å²) in [5.41, 5.74) is 4.42. The SMILES string of the molecule is CCOc1ccccc1[C@@H]1C(C#N)=C(SCC(=O)Nc2ccccc2C)NC(C)=C1C(=O)Nc1ccccc1. The number of dihydropyridines is 1. The van der Waals surface area contributed by atoms with Crippen LogP contribution in [-0.2, 0) is 9.59 Å². The first-order valence-corrected chi connectivity index (χ1v) is 13.6. The number of anilines is 2. The van der Waals surface area contributed by atoms with Gasteiger partial charge in [0.15, 0.2) is 0 Å². The number of amides is 2. The summed E-state index contributed by atoms with van der Waals surface area (Å²) in [6.45, 7) is 6.05. The summed E-state index contributed by atoms with van der Waals surface area (Å²) in [6, 6.07) is 26.5. The summed E-state index contributed by atoms with van der Waals surface area (Å²) >= 11 is 1.23. The molecule has 1 aliphatic heterocycles. The Morgan fingerprint density at radius 2 is 1.67 bits per heavy atom. The van der Waals surface area contributed by atoms with Crippen LogP contribution >= 0.6 is 11.8 Å². The molecular weight excluding hydrogens is 508 g/mol. The minimum atomic E-state index is -0.690. The second kappa shape index (κ2) is 12.9. The molecule has 4 rings (SSSR count). The van der Waals surface area contributed by atoms with E-state index in [4.69, 9.17) is 4.74 Å². The van der Waals surface area contributed by atoms with Crippen LogP contribution in [0.2, 0.25) is 0 Å². The van der Waals surface area contributed by atoms with Crippen LogP contribution in [0.5, 0.6) is 5.75 Å². The minimum absolute atomic E-state index is 0.0838. The van der Waals surface area contributed by atoms with Crippen LogP contribution < -0.4 is 20.7 Å². The first-order valence-electron chi connectivity index (χ1n) is 12.6. The van der Waals surface area contributed by atoms with Crippen LogP contribution in [0.25, 0.3) is 0 Å². The highest BCUT2D eigenvalue weighted by molar-refractivity contribution is 8.03. The minimum Gasteiger partial charge on any atom is -0.494 e. The van der Waals surface area contributed by atoms with Gasteiger partial charge >= 0.3 is 0 Å². The maximum Gasteiger partial charge on any atom is 0.254 e. The molecule has 2 amide bonds. The zero-order valence-corrected chi connectivity index (χ0v) is 22.9. The number of nitrogens with zero attached hydrogens (tertiary/aromatic N) is 1. The molecule has 0 bridgehead atoms. The first kappa shape index (κ1) is 27.6. The Kier molecular flexibility index (Phi) is 9.08. The number of hydrogen-bond acceptors (Lipinski definition) is 6. The molecule has 0 saturated carbocycles. The number of hydrogen-bond donors (Lipinski definition) is 3. The van der Waals surface area contributed by atoms with E-state index in [1.807, 2.05) is 92.7 Å². The van der Waals surface area contributed by atoms with E-state index < -0.39 is 5.92 Å². The van der Waals surface area contributed by atoms with Gasteiger partial charge in [0.05, 0.1) is 34.9 Å². The maximum absolute atomic E-state index is 13.6. The molecule has 1 aliphatic rings. The molecular formula is C31H30N4O3S. The summed E-state index contributed by atoms with van der Waals surface area (Å²) in [7, 11) is 0. The van der Waals surface area contributed by atoms with Crippen molar-refractivity contribution >= 4 is 35.0 Å². The highest BCUT2D eigenvalue weighted by atomic mass is 32.2. The van der Waals surface area contributed by atoms with Gasteiger partial charge in [0.1, 0.15) is 5.75 Å². The number of carbonyl (C=O) groups excluding carboxylic acids is 2. The third kappa shape index (κ3) is 6.51. The van der Waals surface area contributed by atoms with Crippen LogP contribution in [0.3, 0.4) is 0 Å². The van der Waals surface area contributed by atoms with Gasteiger partial charge in [0.2, 0.25) is 5.91 Å². The van der Waals surface area contributed by atoms with E-state index in [-0.39, 0.29) is 17.6 Å². The number of rotatable bonds is 9. The summed E-state index contributed by atoms with van der Waals surface area (Å²) in [5.74, 6) is -0.526. The average molecular weight is 539 g/mol. The number of aryl methyl sites for hydroxylation is 1. The van der Waals surface area contributed by atoms with E-state index in [0.29, 0.717) is 45.5 Å². The molecule has 3 aromatic rings. The lowest BCUT2D eigenvalue weighted by Gasteiger charge is -2.30. The van der Waals surface area contributed by atoms with Gasteiger partial charge in [-0.3, -0.25) is 9.59 Å². The van der Waals surface area contributed by atoms with E-state index in [0.717, 1.165) is 11.3 Å². The molecule has 8 heteroatoms. The number of carbonyl (C=O) groups is 2. The molecule has 39 heavy (non-hydrogen) atoms. The molecule has 0 aromatic heterocycles. The van der Waals surface area contributed by atoms with Crippen molar-refractivity contribution in [2.24, 2.45) is 0 Å². The quantitative estimate of drug-likeness (QED) is 0.304. The molecule has 1 heterocycles. The fourth-order valence-corrected chi connectivity index (χ4v) is 5.29. The van der Waals surface area contributed by atoms with E-state index in [1.165, 1.54) is 11.8 Å². The fourth-order valence-electron chi connectivity index (χ4n) is 4.40. The van der Waals surface area contributed by atoms with Crippen molar-refractivity contribution in [3.63, 3.8) is 0 Å². The van der Waals surface area contributed by atoms with Crippen molar-refractivity contribution in [1.29, 1.82) is 5.26 Å². The third-order valence-corrected chi connectivity index (χ3v) is 7.24. The zero-order chi connectivity index (χ0) is 27.8. The van der Waals surface area contributed by atoms with Crippen LogP contribution in [0.15, 0.2) is 101 Å². The van der Waals surface area contributed by atoms with Crippen molar-refractivity contribution in [3.8, 4) is 11.8 Å². The summed E-state index contributed by atoms with van der Waals surface area (Å²) in [5, 5.41) is 20.0. The van der Waals surface area contributed by atoms with Gasteiger partial charge in [0.25, 0.3) is 5.91 Å². The smallest absolute Gasteiger partial charge is 0.254 e. The number of allylic oxidation sites excluding steroid dienone is 2. The van der Waals surface area contributed by atoms with Crippen LogP contribution in [0, 0.1) is 18.3 Å². The van der Waals surface area contributed by atoms with E-state index >= 15 is 0 Å². The molecule has 0 radical (unpaired) electrons. The summed E-state index contributed by atoms with van der Waals surface area (Å²) < 4.78 is 5.90. The monoisotopic (exact) mass is 538 g/mol. The molecule has 0 aliphatic carbocycles. The fraction of sp³-hybridized carbons (Fsp3) is 0.194. The molecule has 0 unspecified atom stereocenters. The predicted octanol–water partition coefficient (Wildman–Crippen LogP) is 6.10. The maximum atomic E-state index is 13.6. The van der Waals surface area contributed by atoms with Crippen molar-refractivity contribution in [3.05, 3.63) is 112 Å². The number of nitrogens with one attached hydrogen (secondary N) is 3. The highest BCUT2D eigenvalue weighted by Crippen LogP contribution is 2.44. The first-order chi connectivity index (χ1) is 18.9. The second-order valence-electron chi connectivity index (χ2n) is 8.89. The normalized spacial score (nSPS) is 14.8. The standard InChI is InChI=1S/C31H30N4O3S/c1-4-38-26-17-11-9-15-23(26)29-24(18-32)31(39-19-27(36)35-25-16-10-8-12-20(25)2)33-21(3)28(29)30(37)34-22-13-6-5-7-14-22/h5-17,29,33H,4,19H2,1-3H3,(H,34,37)(H,35,36)/t29-/m1/s1. The molecule has 0 fully saturated rings. The summed E-state index contributed by atoms with van der Waals surface area (Å²) in [6.07, 6.45) is 0. The number of nitriles is 1. The molecule has 3 N–H and O–H groups in total. The number of ether oxygens (including phenoxy) is 1. The Hall–Kier alpha value is -4.48. The Bertz CT molecular complexity index is 1470. The third-order valence-electron chi connectivity index (χ3n) is 6.22. The largest absolute Gasteiger partial charge is 0.494 e. The number of thioether (sulfide) groups is 1. The molecule has 0 saturated heterocycles. The molecule has 1 atom stereocenters. The topological polar surface area (TPSA) is 103 Å². The lowest BCUT2D eigenvalue weighted by molar-refractivity contribution is -0.114. The highest BCUT2D eigenvalue weighted by Gasteiger charge is 2.36. The Labute approximate surface area is 233 Å². The van der Waals surface area contributed by atoms with Gasteiger partial charge in [-0.15, -0.1) is 0 Å². The van der Waals surface area contributed by atoms with Crippen LogP contribution in [0.4, 0.5) is 11.4 Å². The summed E-state index contributed by atoms with van der Waals surface area (Å²) in [4.78, 5) is 26.4. The molecule has 7 nitrogen and oxygen atoms in total. The number of para-hydroxylation sites is 3. The van der Waals surface area contributed by atoms with Crippen molar-refractivity contribution in [2.75, 3.05) is 23.0 Å². The van der Waals surface area contributed by atoms with E-state index in [2.05, 4.69) is 22.0 Å². The lowest BCUT2D eigenvalue weighted by Crippen LogP contribution is -2.31. The second-order valence-corrected chi connectivity index (χ2v) is 9.88. The van der Waals surface area contributed by atoms with Gasteiger partial charge in [-0.1, -0.05) is 66.4 Å². The predicted molar refractivity (Wildman–Crippen MR) is 156 cm³/mol. The Balaban J connectivity index is 1.68. The molecule has 0 spiro atoms. The van der Waals surface area contributed by atoms with Crippen molar-refractivity contribution in [1.82, 2.24) is 5.32 Å². The van der Waals surface area contributed by atoms with Gasteiger partial charge in [0, 0.05) is 28.2 Å². The van der Waals surface area contributed by atoms with Gasteiger partial charge in [-0.25, -0.2) is 0 Å². The van der Waals surface area contributed by atoms with Gasteiger partial charge in [-0.05, 0) is 50.6 Å². The molecule has 3 aromatic carbocycles. The van der Waals surface area contributed by atoms with Crippen molar-refractivity contribution in [2.45, 2.75) is 26.7 Å². The van der Waals surface area contributed by atoms with Crippen LogP contribution in [-0.4, -0.2) is 24.2 Å². The molecule has 198 valence electrons. The van der Waals surface area contributed by atoms with Crippen LogP contribution in [0.1, 0.15) is 30.9 Å². The van der Waals surface area contributed by atoms with E-state index in [1.54, 1.807) is 6.92 Å². The van der Waals surface area contributed by atoms with Gasteiger partial charge in [-0.2, -0.15) is 5.26 Å². The zero-order valence-electron chi connectivity index (χ0n) is 22.1. The Morgan fingerprint density at radius 1 is 0.974 bits per heavy atom. The average Bonchev–Trinajstić information content (AvgIpc) is 2.93. The lowest BCUT2D eigenvalue weighted by atomic mass is 9.81. The van der Waals surface area contributed by atoms with Crippen molar-refractivity contribution < 1.29 is 14.3 Å². The van der Waals surface area contributed by atoms with Gasteiger partial charge < -0.3 is 20.7 Å².